The Hall–Kier alpha value is -2.67. The number of rotatable bonds is 5. The number of nitrogens with zero attached hydrogens (tertiary/aromatic N) is 2. The molecule has 0 aromatic heterocycles. The van der Waals surface area contributed by atoms with Gasteiger partial charge in [0.2, 0.25) is 11.8 Å². The number of amidine groups is 1. The van der Waals surface area contributed by atoms with Gasteiger partial charge >= 0.3 is 0 Å². The summed E-state index contributed by atoms with van der Waals surface area (Å²) in [6, 6.07) is 15.3. The van der Waals surface area contributed by atoms with Crippen molar-refractivity contribution in [1.82, 2.24) is 10.2 Å². The molecule has 2 amide bonds. The highest BCUT2D eigenvalue weighted by molar-refractivity contribution is 8.15. The van der Waals surface area contributed by atoms with E-state index in [2.05, 4.69) is 10.3 Å². The van der Waals surface area contributed by atoms with E-state index in [0.717, 1.165) is 5.56 Å². The van der Waals surface area contributed by atoms with Crippen molar-refractivity contribution in [1.29, 1.82) is 0 Å². The number of benzene rings is 2. The molecule has 1 aliphatic rings. The van der Waals surface area contributed by atoms with Gasteiger partial charge in [0, 0.05) is 20.0 Å². The Bertz CT molecular complexity index is 824. The molecule has 134 valence electrons. The van der Waals surface area contributed by atoms with Crippen molar-refractivity contribution in [2.24, 2.45) is 4.99 Å². The van der Waals surface area contributed by atoms with Crippen LogP contribution in [0.1, 0.15) is 12.0 Å². The molecule has 5 nitrogen and oxygen atoms in total. The third kappa shape index (κ3) is 4.49. The van der Waals surface area contributed by atoms with Crippen LogP contribution in [0.25, 0.3) is 0 Å². The fourth-order valence-electron chi connectivity index (χ4n) is 2.46. The summed E-state index contributed by atoms with van der Waals surface area (Å²) in [5.74, 6) is -0.688. The summed E-state index contributed by atoms with van der Waals surface area (Å²) in [4.78, 5) is 30.3. The summed E-state index contributed by atoms with van der Waals surface area (Å²) < 4.78 is 13.0. The molecule has 1 heterocycles. The molecule has 0 unspecified atom stereocenters. The topological polar surface area (TPSA) is 61.8 Å². The normalized spacial score (nSPS) is 18.4. The zero-order chi connectivity index (χ0) is 18.5. The molecule has 2 aromatic carbocycles. The highest BCUT2D eigenvalue weighted by Crippen LogP contribution is 2.30. The minimum atomic E-state index is -0.505. The third-order valence-corrected chi connectivity index (χ3v) is 5.12. The van der Waals surface area contributed by atoms with E-state index in [9.17, 15) is 14.0 Å². The number of hydrogen-bond donors (Lipinski definition) is 1. The second-order valence-corrected chi connectivity index (χ2v) is 7.01. The van der Waals surface area contributed by atoms with Gasteiger partial charge in [-0.15, -0.1) is 0 Å². The number of carbonyl (C=O) groups excluding carboxylic acids is 2. The molecule has 0 bridgehead atoms. The lowest BCUT2D eigenvalue weighted by molar-refractivity contribution is -0.128. The minimum Gasteiger partial charge on any atom is -0.352 e. The van der Waals surface area contributed by atoms with E-state index in [0.29, 0.717) is 17.4 Å². The average Bonchev–Trinajstić information content (AvgIpc) is 2.91. The zero-order valence-electron chi connectivity index (χ0n) is 14.2. The van der Waals surface area contributed by atoms with E-state index in [4.69, 9.17) is 0 Å². The molecule has 1 saturated heterocycles. The Balaban J connectivity index is 1.59. The van der Waals surface area contributed by atoms with E-state index in [1.165, 1.54) is 28.8 Å². The van der Waals surface area contributed by atoms with Crippen LogP contribution >= 0.6 is 11.8 Å². The van der Waals surface area contributed by atoms with Crippen LogP contribution in [0.15, 0.2) is 59.6 Å². The standard InChI is InChI=1S/C19H18FN3O2S/c1-23-18(25)16(11-17(24)21-12-13-5-3-2-4-6-13)26-19(23)22-15-9-7-14(20)8-10-15/h2-10,16H,11-12H2,1H3,(H,21,24)/t16-/m0/s1. The lowest BCUT2D eigenvalue weighted by Gasteiger charge is -2.09. The molecule has 1 atom stereocenters. The predicted octanol–water partition coefficient (Wildman–Crippen LogP) is 3.09. The van der Waals surface area contributed by atoms with Crippen molar-refractivity contribution in [3.63, 3.8) is 0 Å². The van der Waals surface area contributed by atoms with Gasteiger partial charge in [-0.1, -0.05) is 42.1 Å². The molecule has 1 fully saturated rings. The van der Waals surface area contributed by atoms with E-state index < -0.39 is 5.25 Å². The Labute approximate surface area is 155 Å². The highest BCUT2D eigenvalue weighted by Gasteiger charge is 2.36. The summed E-state index contributed by atoms with van der Waals surface area (Å²) in [5.41, 5.74) is 1.56. The molecular weight excluding hydrogens is 353 g/mol. The number of carbonyl (C=O) groups is 2. The van der Waals surface area contributed by atoms with Crippen LogP contribution in [0.3, 0.4) is 0 Å². The van der Waals surface area contributed by atoms with Gasteiger partial charge in [0.25, 0.3) is 0 Å². The van der Waals surface area contributed by atoms with Gasteiger partial charge in [-0.25, -0.2) is 9.38 Å². The largest absolute Gasteiger partial charge is 0.352 e. The maximum absolute atomic E-state index is 13.0. The third-order valence-electron chi connectivity index (χ3n) is 3.90. The van der Waals surface area contributed by atoms with Crippen molar-refractivity contribution in [2.75, 3.05) is 7.05 Å². The van der Waals surface area contributed by atoms with Crippen molar-refractivity contribution >= 4 is 34.4 Å². The van der Waals surface area contributed by atoms with E-state index in [1.54, 1.807) is 19.2 Å². The van der Waals surface area contributed by atoms with Gasteiger partial charge in [0.1, 0.15) is 11.1 Å². The lowest BCUT2D eigenvalue weighted by atomic mass is 10.2. The van der Waals surface area contributed by atoms with Crippen LogP contribution in [-0.2, 0) is 16.1 Å². The fourth-order valence-corrected chi connectivity index (χ4v) is 3.61. The zero-order valence-corrected chi connectivity index (χ0v) is 15.0. The molecule has 1 aliphatic heterocycles. The second-order valence-electron chi connectivity index (χ2n) is 5.84. The monoisotopic (exact) mass is 371 g/mol. The second kappa shape index (κ2) is 8.14. The highest BCUT2D eigenvalue weighted by atomic mass is 32.2. The Kier molecular flexibility index (Phi) is 5.68. The quantitative estimate of drug-likeness (QED) is 0.879. The number of nitrogens with one attached hydrogen (secondary N) is 1. The molecule has 0 aliphatic carbocycles. The first-order valence-electron chi connectivity index (χ1n) is 8.12. The van der Waals surface area contributed by atoms with Crippen molar-refractivity contribution in [3.05, 3.63) is 66.0 Å². The first-order valence-corrected chi connectivity index (χ1v) is 9.00. The van der Waals surface area contributed by atoms with Crippen molar-refractivity contribution in [2.45, 2.75) is 18.2 Å². The molecule has 0 radical (unpaired) electrons. The van der Waals surface area contributed by atoms with Crippen molar-refractivity contribution in [3.8, 4) is 0 Å². The summed E-state index contributed by atoms with van der Waals surface area (Å²) >= 11 is 1.25. The first kappa shape index (κ1) is 18.1. The van der Waals surface area contributed by atoms with Gasteiger partial charge < -0.3 is 5.32 Å². The minimum absolute atomic E-state index is 0.0864. The molecule has 7 heteroatoms. The SMILES string of the molecule is CN1C(=O)[C@H](CC(=O)NCc2ccccc2)SC1=Nc1ccc(F)cc1. The first-order chi connectivity index (χ1) is 12.5. The lowest BCUT2D eigenvalue weighted by Crippen LogP contribution is -2.32. The van der Waals surface area contributed by atoms with Crippen LogP contribution in [0.2, 0.25) is 0 Å². The summed E-state index contributed by atoms with van der Waals surface area (Å²) in [6.45, 7) is 0.428. The predicted molar refractivity (Wildman–Crippen MR) is 101 cm³/mol. The molecular formula is C19H18FN3O2S. The molecule has 3 rings (SSSR count). The van der Waals surface area contributed by atoms with Crippen LogP contribution < -0.4 is 5.32 Å². The molecule has 2 aromatic rings. The number of halogens is 1. The van der Waals surface area contributed by atoms with E-state index >= 15 is 0 Å². The van der Waals surface area contributed by atoms with Gasteiger partial charge in [-0.3, -0.25) is 14.5 Å². The van der Waals surface area contributed by atoms with E-state index in [-0.39, 0.29) is 24.1 Å². The van der Waals surface area contributed by atoms with Gasteiger partial charge in [-0.2, -0.15) is 0 Å². The molecule has 0 spiro atoms. The van der Waals surface area contributed by atoms with Crippen LogP contribution in [-0.4, -0.2) is 34.2 Å². The Morgan fingerprint density at radius 2 is 1.88 bits per heavy atom. The van der Waals surface area contributed by atoms with Crippen molar-refractivity contribution < 1.29 is 14.0 Å². The van der Waals surface area contributed by atoms with E-state index in [1.807, 2.05) is 30.3 Å². The molecule has 0 saturated carbocycles. The maximum atomic E-state index is 13.0. The summed E-state index contributed by atoms with van der Waals surface area (Å²) in [5, 5.41) is 2.83. The van der Waals surface area contributed by atoms with Gasteiger partial charge in [-0.05, 0) is 29.8 Å². The number of thioether (sulfide) groups is 1. The Morgan fingerprint density at radius 3 is 2.58 bits per heavy atom. The number of aliphatic imine (C=N–C) groups is 1. The molecule has 26 heavy (non-hydrogen) atoms. The van der Waals surface area contributed by atoms with Crippen LogP contribution in [0.5, 0.6) is 0 Å². The smallest absolute Gasteiger partial charge is 0.242 e. The van der Waals surface area contributed by atoms with Crippen LogP contribution in [0.4, 0.5) is 10.1 Å². The molecule has 1 N–H and O–H groups in total. The Morgan fingerprint density at radius 1 is 1.19 bits per heavy atom. The van der Waals surface area contributed by atoms with Gasteiger partial charge in [0.15, 0.2) is 5.17 Å². The number of hydrogen-bond acceptors (Lipinski definition) is 4. The fraction of sp³-hybridized carbons (Fsp3) is 0.211. The summed E-state index contributed by atoms with van der Waals surface area (Å²) in [6.07, 6.45) is 0.0864. The van der Waals surface area contributed by atoms with Gasteiger partial charge in [0.05, 0.1) is 5.69 Å². The average molecular weight is 371 g/mol. The maximum Gasteiger partial charge on any atom is 0.242 e. The number of amides is 2. The van der Waals surface area contributed by atoms with Crippen LogP contribution in [0, 0.1) is 5.82 Å². The summed E-state index contributed by atoms with van der Waals surface area (Å²) in [7, 11) is 1.62.